The van der Waals surface area contributed by atoms with Crippen LogP contribution in [0.3, 0.4) is 0 Å². The summed E-state index contributed by atoms with van der Waals surface area (Å²) in [6.07, 6.45) is 2.14. The molecule has 2 aromatic rings. The van der Waals surface area contributed by atoms with Crippen LogP contribution in [0.15, 0.2) is 28.9 Å². The number of halogens is 1. The van der Waals surface area contributed by atoms with Crippen LogP contribution in [0.4, 0.5) is 11.4 Å². The predicted molar refractivity (Wildman–Crippen MR) is 81.0 cm³/mol. The SMILES string of the molecule is CNC(=O)CCNc1ccc(N)c2cc(Br)cnc12. The molecule has 5 nitrogen and oxygen atoms in total. The summed E-state index contributed by atoms with van der Waals surface area (Å²) in [5, 5.41) is 6.68. The molecule has 0 aliphatic heterocycles. The van der Waals surface area contributed by atoms with E-state index in [-0.39, 0.29) is 5.91 Å². The number of benzene rings is 1. The van der Waals surface area contributed by atoms with Gasteiger partial charge in [0.05, 0.1) is 11.2 Å². The molecule has 0 saturated heterocycles. The number of fused-ring (bicyclic) bond motifs is 1. The molecule has 0 aliphatic carbocycles. The Morgan fingerprint density at radius 3 is 3.00 bits per heavy atom. The molecule has 100 valence electrons. The monoisotopic (exact) mass is 322 g/mol. The lowest BCUT2D eigenvalue weighted by Gasteiger charge is -2.10. The molecule has 4 N–H and O–H groups in total. The van der Waals surface area contributed by atoms with Crippen molar-refractivity contribution in [2.24, 2.45) is 0 Å². The maximum atomic E-state index is 11.2. The molecule has 0 unspecified atom stereocenters. The third-order valence-electron chi connectivity index (χ3n) is 2.80. The topological polar surface area (TPSA) is 80.0 Å². The second-order valence-electron chi connectivity index (χ2n) is 4.10. The molecule has 0 aliphatic rings. The summed E-state index contributed by atoms with van der Waals surface area (Å²) >= 11 is 3.38. The zero-order valence-electron chi connectivity index (χ0n) is 10.5. The number of hydrogen-bond donors (Lipinski definition) is 3. The first kappa shape index (κ1) is 13.6. The second-order valence-corrected chi connectivity index (χ2v) is 5.02. The van der Waals surface area contributed by atoms with E-state index in [1.54, 1.807) is 13.2 Å². The number of anilines is 2. The quantitative estimate of drug-likeness (QED) is 0.753. The largest absolute Gasteiger partial charge is 0.398 e. The van der Waals surface area contributed by atoms with Crippen molar-refractivity contribution in [2.75, 3.05) is 24.6 Å². The second kappa shape index (κ2) is 5.88. The first-order valence-electron chi connectivity index (χ1n) is 5.90. The van der Waals surface area contributed by atoms with Crippen LogP contribution in [0.2, 0.25) is 0 Å². The molecule has 0 radical (unpaired) electrons. The number of hydrogen-bond acceptors (Lipinski definition) is 4. The fourth-order valence-corrected chi connectivity index (χ4v) is 2.13. The highest BCUT2D eigenvalue weighted by Crippen LogP contribution is 2.28. The van der Waals surface area contributed by atoms with Crippen molar-refractivity contribution in [1.82, 2.24) is 10.3 Å². The van der Waals surface area contributed by atoms with Gasteiger partial charge >= 0.3 is 0 Å². The minimum Gasteiger partial charge on any atom is -0.398 e. The molecule has 19 heavy (non-hydrogen) atoms. The standard InChI is InChI=1S/C13H15BrN4O/c1-16-12(19)4-5-17-11-3-2-10(15)9-6-8(14)7-18-13(9)11/h2-3,6-7,17H,4-5,15H2,1H3,(H,16,19). The summed E-state index contributed by atoms with van der Waals surface area (Å²) < 4.78 is 0.884. The average molecular weight is 323 g/mol. The minimum atomic E-state index is 0.00274. The Morgan fingerprint density at radius 2 is 2.26 bits per heavy atom. The van der Waals surface area contributed by atoms with Crippen LogP contribution in [0.1, 0.15) is 6.42 Å². The molecule has 0 spiro atoms. The Balaban J connectivity index is 2.24. The molecule has 1 heterocycles. The maximum Gasteiger partial charge on any atom is 0.221 e. The summed E-state index contributed by atoms with van der Waals surface area (Å²) in [4.78, 5) is 15.5. The lowest BCUT2D eigenvalue weighted by atomic mass is 10.1. The van der Waals surface area contributed by atoms with Crippen molar-refractivity contribution in [3.8, 4) is 0 Å². The van der Waals surface area contributed by atoms with Crippen molar-refractivity contribution >= 4 is 44.1 Å². The van der Waals surface area contributed by atoms with Crippen LogP contribution in [-0.2, 0) is 4.79 Å². The Hall–Kier alpha value is -1.82. The Morgan fingerprint density at radius 1 is 1.47 bits per heavy atom. The van der Waals surface area contributed by atoms with Gasteiger partial charge in [0, 0.05) is 41.8 Å². The molecule has 0 atom stereocenters. The normalized spacial score (nSPS) is 10.4. The highest BCUT2D eigenvalue weighted by molar-refractivity contribution is 9.10. The smallest absolute Gasteiger partial charge is 0.221 e. The van der Waals surface area contributed by atoms with E-state index in [0.717, 1.165) is 21.1 Å². The number of carbonyl (C=O) groups excluding carboxylic acids is 1. The number of rotatable bonds is 4. The van der Waals surface area contributed by atoms with Gasteiger partial charge in [0.1, 0.15) is 0 Å². The van der Waals surface area contributed by atoms with Gasteiger partial charge in [-0.05, 0) is 34.1 Å². The third-order valence-corrected chi connectivity index (χ3v) is 3.23. The lowest BCUT2D eigenvalue weighted by Crippen LogP contribution is -2.20. The number of nitrogens with zero attached hydrogens (tertiary/aromatic N) is 1. The van der Waals surface area contributed by atoms with Gasteiger partial charge in [-0.15, -0.1) is 0 Å². The molecular weight excluding hydrogens is 308 g/mol. The number of amides is 1. The molecule has 1 aromatic heterocycles. The average Bonchev–Trinajstić information content (AvgIpc) is 2.41. The number of nitrogens with one attached hydrogen (secondary N) is 2. The van der Waals surface area contributed by atoms with Crippen molar-refractivity contribution < 1.29 is 4.79 Å². The lowest BCUT2D eigenvalue weighted by molar-refractivity contribution is -0.120. The molecular formula is C13H15BrN4O. The minimum absolute atomic E-state index is 0.00274. The summed E-state index contributed by atoms with van der Waals surface area (Å²) in [5.41, 5.74) is 8.30. The zero-order chi connectivity index (χ0) is 13.8. The van der Waals surface area contributed by atoms with Gasteiger partial charge in [-0.25, -0.2) is 0 Å². The van der Waals surface area contributed by atoms with Gasteiger partial charge in [-0.1, -0.05) is 0 Å². The molecule has 6 heteroatoms. The number of nitrogen functional groups attached to an aromatic ring is 1. The van der Waals surface area contributed by atoms with E-state index in [9.17, 15) is 4.79 Å². The van der Waals surface area contributed by atoms with E-state index in [1.807, 2.05) is 18.2 Å². The molecule has 0 saturated carbocycles. The number of nitrogens with two attached hydrogens (primary N) is 1. The number of pyridine rings is 1. The summed E-state index contributed by atoms with van der Waals surface area (Å²) in [6.45, 7) is 0.552. The van der Waals surface area contributed by atoms with Gasteiger partial charge in [-0.2, -0.15) is 0 Å². The van der Waals surface area contributed by atoms with Crippen LogP contribution in [-0.4, -0.2) is 24.5 Å². The first-order valence-corrected chi connectivity index (χ1v) is 6.69. The van der Waals surface area contributed by atoms with Gasteiger partial charge in [-0.3, -0.25) is 9.78 Å². The molecule has 1 amide bonds. The Kier molecular flexibility index (Phi) is 4.21. The van der Waals surface area contributed by atoms with E-state index in [1.165, 1.54) is 0 Å². The van der Waals surface area contributed by atoms with Gasteiger partial charge in [0.25, 0.3) is 0 Å². The molecule has 2 rings (SSSR count). The van der Waals surface area contributed by atoms with Crippen molar-refractivity contribution in [2.45, 2.75) is 6.42 Å². The van der Waals surface area contributed by atoms with Gasteiger partial charge < -0.3 is 16.4 Å². The molecule has 1 aromatic carbocycles. The Labute approximate surface area is 119 Å². The Bertz CT molecular complexity index is 615. The zero-order valence-corrected chi connectivity index (χ0v) is 12.1. The van der Waals surface area contributed by atoms with Crippen LogP contribution in [0, 0.1) is 0 Å². The predicted octanol–water partition coefficient (Wildman–Crippen LogP) is 2.13. The van der Waals surface area contributed by atoms with Crippen LogP contribution in [0.5, 0.6) is 0 Å². The number of carbonyl (C=O) groups is 1. The number of aromatic nitrogens is 1. The van der Waals surface area contributed by atoms with Crippen molar-refractivity contribution in [3.63, 3.8) is 0 Å². The summed E-state index contributed by atoms with van der Waals surface area (Å²) in [7, 11) is 1.63. The van der Waals surface area contributed by atoms with E-state index in [4.69, 9.17) is 5.73 Å². The van der Waals surface area contributed by atoms with E-state index >= 15 is 0 Å². The highest BCUT2D eigenvalue weighted by atomic mass is 79.9. The fourth-order valence-electron chi connectivity index (χ4n) is 1.79. The van der Waals surface area contributed by atoms with Crippen LogP contribution < -0.4 is 16.4 Å². The van der Waals surface area contributed by atoms with Gasteiger partial charge in [0.2, 0.25) is 5.91 Å². The van der Waals surface area contributed by atoms with E-state index < -0.39 is 0 Å². The molecule has 0 bridgehead atoms. The summed E-state index contributed by atoms with van der Waals surface area (Å²) in [5.74, 6) is 0.00274. The van der Waals surface area contributed by atoms with Crippen LogP contribution >= 0.6 is 15.9 Å². The van der Waals surface area contributed by atoms with Gasteiger partial charge in [0.15, 0.2) is 0 Å². The van der Waals surface area contributed by atoms with E-state index in [0.29, 0.717) is 18.7 Å². The third kappa shape index (κ3) is 3.14. The molecule has 0 fully saturated rings. The summed E-state index contributed by atoms with van der Waals surface area (Å²) in [6, 6.07) is 5.64. The van der Waals surface area contributed by atoms with Crippen molar-refractivity contribution in [3.05, 3.63) is 28.9 Å². The fraction of sp³-hybridized carbons (Fsp3) is 0.231. The maximum absolute atomic E-state index is 11.2. The van der Waals surface area contributed by atoms with Crippen LogP contribution in [0.25, 0.3) is 10.9 Å². The highest BCUT2D eigenvalue weighted by Gasteiger charge is 2.06. The first-order chi connectivity index (χ1) is 9.11. The van der Waals surface area contributed by atoms with Crippen molar-refractivity contribution in [1.29, 1.82) is 0 Å². The van der Waals surface area contributed by atoms with E-state index in [2.05, 4.69) is 31.5 Å².